The third-order valence-corrected chi connectivity index (χ3v) is 1.66. The van der Waals surface area contributed by atoms with Gasteiger partial charge in [-0.2, -0.15) is 0 Å². The molecule has 0 aromatic rings. The number of hydrogen-bond donors (Lipinski definition) is 0. The maximum Gasteiger partial charge on any atom is 0.154 e. The molecule has 60 valence electrons. The van der Waals surface area contributed by atoms with Gasteiger partial charge in [-0.05, 0) is 32.6 Å². The molecule has 10 heavy (non-hydrogen) atoms. The van der Waals surface area contributed by atoms with Gasteiger partial charge < -0.3 is 9.47 Å². The van der Waals surface area contributed by atoms with Gasteiger partial charge in [0.15, 0.2) is 6.29 Å². The van der Waals surface area contributed by atoms with Crippen molar-refractivity contribution < 1.29 is 9.47 Å². The molecular formula is C8H16O2. The molecule has 2 nitrogen and oxygen atoms in total. The molecule has 1 atom stereocenters. The summed E-state index contributed by atoms with van der Waals surface area (Å²) in [5, 5.41) is 0. The van der Waals surface area contributed by atoms with Crippen molar-refractivity contribution in [2.75, 3.05) is 13.2 Å². The molecule has 0 bridgehead atoms. The molecule has 1 unspecified atom stereocenters. The minimum Gasteiger partial charge on any atom is -0.353 e. The van der Waals surface area contributed by atoms with Gasteiger partial charge in [-0.1, -0.05) is 0 Å². The van der Waals surface area contributed by atoms with Crippen molar-refractivity contribution in [3.63, 3.8) is 0 Å². The number of ether oxygens (including phenoxy) is 2. The highest BCUT2D eigenvalue weighted by atomic mass is 16.7. The zero-order valence-corrected chi connectivity index (χ0v) is 6.80. The smallest absolute Gasteiger partial charge is 0.154 e. The Bertz CT molecular complexity index is 89.3. The van der Waals surface area contributed by atoms with Crippen LogP contribution in [0.3, 0.4) is 0 Å². The van der Waals surface area contributed by atoms with Gasteiger partial charge in [0.2, 0.25) is 0 Å². The Kier molecular flexibility index (Phi) is 3.16. The van der Waals surface area contributed by atoms with E-state index in [0.717, 1.165) is 19.1 Å². The van der Waals surface area contributed by atoms with Crippen LogP contribution in [0.25, 0.3) is 0 Å². The van der Waals surface area contributed by atoms with Crippen molar-refractivity contribution in [3.8, 4) is 0 Å². The van der Waals surface area contributed by atoms with Crippen molar-refractivity contribution in [2.45, 2.75) is 33.0 Å². The fourth-order valence-electron chi connectivity index (χ4n) is 0.839. The van der Waals surface area contributed by atoms with Gasteiger partial charge in [0.1, 0.15) is 0 Å². The first-order valence-corrected chi connectivity index (χ1v) is 4.06. The molecule has 1 rings (SSSR count). The Labute approximate surface area is 62.5 Å². The first kappa shape index (κ1) is 8.02. The van der Waals surface area contributed by atoms with Crippen molar-refractivity contribution >= 4 is 0 Å². The summed E-state index contributed by atoms with van der Waals surface area (Å²) in [4.78, 5) is 0. The molecule has 0 spiro atoms. The highest BCUT2D eigenvalue weighted by Crippen LogP contribution is 2.29. The molecule has 2 heteroatoms. The number of rotatable bonds is 5. The summed E-state index contributed by atoms with van der Waals surface area (Å²) in [6, 6.07) is 0. The van der Waals surface area contributed by atoms with Gasteiger partial charge in [0, 0.05) is 6.61 Å². The zero-order chi connectivity index (χ0) is 7.40. The molecule has 0 aliphatic heterocycles. The van der Waals surface area contributed by atoms with Crippen LogP contribution in [-0.4, -0.2) is 19.5 Å². The minimum atomic E-state index is -0.00870. The van der Waals surface area contributed by atoms with Crippen molar-refractivity contribution in [3.05, 3.63) is 0 Å². The minimum absolute atomic E-state index is 0.00870. The van der Waals surface area contributed by atoms with E-state index in [1.54, 1.807) is 0 Å². The molecule has 0 N–H and O–H groups in total. The highest BCUT2D eigenvalue weighted by molar-refractivity contribution is 4.71. The highest BCUT2D eigenvalue weighted by Gasteiger charge is 2.22. The summed E-state index contributed by atoms with van der Waals surface area (Å²) < 4.78 is 10.6. The first-order chi connectivity index (χ1) is 4.83. The Balaban J connectivity index is 1.89. The summed E-state index contributed by atoms with van der Waals surface area (Å²) in [6.45, 7) is 5.57. The lowest BCUT2D eigenvalue weighted by atomic mass is 10.5. The lowest BCUT2D eigenvalue weighted by molar-refractivity contribution is -0.129. The predicted octanol–water partition coefficient (Wildman–Crippen LogP) is 1.80. The summed E-state index contributed by atoms with van der Waals surface area (Å²) in [5.41, 5.74) is 0. The SMILES string of the molecule is CCOC(C)OCC1CC1. The molecule has 0 amide bonds. The monoisotopic (exact) mass is 144 g/mol. The molecule has 1 saturated carbocycles. The molecule has 0 radical (unpaired) electrons. The Hall–Kier alpha value is -0.0800. The van der Waals surface area contributed by atoms with E-state index in [-0.39, 0.29) is 6.29 Å². The van der Waals surface area contributed by atoms with E-state index in [4.69, 9.17) is 9.47 Å². The van der Waals surface area contributed by atoms with Gasteiger partial charge >= 0.3 is 0 Å². The van der Waals surface area contributed by atoms with E-state index >= 15 is 0 Å². The summed E-state index contributed by atoms with van der Waals surface area (Å²) >= 11 is 0. The van der Waals surface area contributed by atoms with Crippen LogP contribution in [0.2, 0.25) is 0 Å². The van der Waals surface area contributed by atoms with Crippen LogP contribution in [0.15, 0.2) is 0 Å². The van der Waals surface area contributed by atoms with E-state index in [1.807, 2.05) is 13.8 Å². The molecular weight excluding hydrogens is 128 g/mol. The molecule has 0 aromatic heterocycles. The Morgan fingerprint density at radius 1 is 1.40 bits per heavy atom. The average Bonchev–Trinajstić information content (AvgIpc) is 2.67. The predicted molar refractivity (Wildman–Crippen MR) is 39.8 cm³/mol. The fraction of sp³-hybridized carbons (Fsp3) is 1.00. The molecule has 0 aromatic carbocycles. The summed E-state index contributed by atoms with van der Waals surface area (Å²) in [5.74, 6) is 0.836. The van der Waals surface area contributed by atoms with Gasteiger partial charge in [-0.15, -0.1) is 0 Å². The second-order valence-electron chi connectivity index (χ2n) is 2.80. The van der Waals surface area contributed by atoms with Crippen molar-refractivity contribution in [1.82, 2.24) is 0 Å². The van der Waals surface area contributed by atoms with Crippen LogP contribution in [0.5, 0.6) is 0 Å². The first-order valence-electron chi connectivity index (χ1n) is 4.06. The van der Waals surface area contributed by atoms with E-state index in [1.165, 1.54) is 12.8 Å². The fourth-order valence-corrected chi connectivity index (χ4v) is 0.839. The molecule has 1 aliphatic carbocycles. The number of hydrogen-bond acceptors (Lipinski definition) is 2. The van der Waals surface area contributed by atoms with E-state index in [2.05, 4.69) is 0 Å². The molecule has 0 saturated heterocycles. The van der Waals surface area contributed by atoms with E-state index in [9.17, 15) is 0 Å². The maximum atomic E-state index is 5.38. The maximum absolute atomic E-state index is 5.38. The molecule has 1 aliphatic rings. The van der Waals surface area contributed by atoms with Crippen LogP contribution >= 0.6 is 0 Å². The van der Waals surface area contributed by atoms with Gasteiger partial charge in [-0.3, -0.25) is 0 Å². The van der Waals surface area contributed by atoms with Crippen LogP contribution in [0, 0.1) is 5.92 Å². The van der Waals surface area contributed by atoms with Crippen LogP contribution in [0.4, 0.5) is 0 Å². The van der Waals surface area contributed by atoms with Gasteiger partial charge in [-0.25, -0.2) is 0 Å². The van der Waals surface area contributed by atoms with Gasteiger partial charge in [0.25, 0.3) is 0 Å². The molecule has 1 fully saturated rings. The van der Waals surface area contributed by atoms with Crippen LogP contribution in [-0.2, 0) is 9.47 Å². The normalized spacial score (nSPS) is 21.0. The summed E-state index contributed by atoms with van der Waals surface area (Å²) in [7, 11) is 0. The Morgan fingerprint density at radius 2 is 2.10 bits per heavy atom. The Morgan fingerprint density at radius 3 is 2.60 bits per heavy atom. The third kappa shape index (κ3) is 3.18. The second-order valence-corrected chi connectivity index (χ2v) is 2.80. The molecule has 0 heterocycles. The topological polar surface area (TPSA) is 18.5 Å². The van der Waals surface area contributed by atoms with Crippen molar-refractivity contribution in [2.24, 2.45) is 5.92 Å². The quantitative estimate of drug-likeness (QED) is 0.548. The van der Waals surface area contributed by atoms with Gasteiger partial charge in [0.05, 0.1) is 6.61 Å². The standard InChI is InChI=1S/C8H16O2/c1-3-9-7(2)10-6-8-4-5-8/h7-8H,3-6H2,1-2H3. The summed E-state index contributed by atoms with van der Waals surface area (Å²) in [6.07, 6.45) is 2.68. The lowest BCUT2D eigenvalue weighted by Crippen LogP contribution is -2.14. The largest absolute Gasteiger partial charge is 0.353 e. The van der Waals surface area contributed by atoms with E-state index in [0.29, 0.717) is 0 Å². The van der Waals surface area contributed by atoms with Crippen LogP contribution in [0.1, 0.15) is 26.7 Å². The lowest BCUT2D eigenvalue weighted by Gasteiger charge is -2.11. The second kappa shape index (κ2) is 3.94. The third-order valence-electron chi connectivity index (χ3n) is 1.66. The zero-order valence-electron chi connectivity index (χ0n) is 6.80. The van der Waals surface area contributed by atoms with Crippen LogP contribution < -0.4 is 0 Å². The average molecular weight is 144 g/mol. The van der Waals surface area contributed by atoms with Crippen molar-refractivity contribution in [1.29, 1.82) is 0 Å². The van der Waals surface area contributed by atoms with E-state index < -0.39 is 0 Å².